The number of aryl methyl sites for hydroxylation is 1. The molecule has 4 nitrogen and oxygen atoms in total. The fourth-order valence-corrected chi connectivity index (χ4v) is 2.28. The zero-order chi connectivity index (χ0) is 14.3. The predicted octanol–water partition coefficient (Wildman–Crippen LogP) is 2.60. The Morgan fingerprint density at radius 2 is 2.10 bits per heavy atom. The lowest BCUT2D eigenvalue weighted by Gasteiger charge is -2.21. The van der Waals surface area contributed by atoms with Gasteiger partial charge in [-0.2, -0.15) is 0 Å². The van der Waals surface area contributed by atoms with Crippen LogP contribution in [0.2, 0.25) is 0 Å². The Labute approximate surface area is 116 Å². The third-order valence-corrected chi connectivity index (χ3v) is 3.70. The zero-order valence-corrected chi connectivity index (χ0v) is 11.5. The van der Waals surface area contributed by atoms with E-state index in [1.807, 2.05) is 0 Å². The molecule has 0 amide bonds. The Balaban J connectivity index is 2.03. The maximum atomic E-state index is 13.9. The van der Waals surface area contributed by atoms with Gasteiger partial charge in [0.15, 0.2) is 11.6 Å². The number of halogens is 1. The predicted molar refractivity (Wildman–Crippen MR) is 72.3 cm³/mol. The maximum Gasteiger partial charge on any atom is 0.160 e. The average Bonchev–Trinajstić information content (AvgIpc) is 3.23. The van der Waals surface area contributed by atoms with Gasteiger partial charge in [0.05, 0.1) is 5.69 Å². The summed E-state index contributed by atoms with van der Waals surface area (Å²) >= 11 is 0. The Kier molecular flexibility index (Phi) is 3.01. The summed E-state index contributed by atoms with van der Waals surface area (Å²) in [7, 11) is 0. The molecule has 1 aliphatic rings. The first kappa shape index (κ1) is 13.1. The molecule has 0 aromatic carbocycles. The Morgan fingerprint density at radius 1 is 1.35 bits per heavy atom. The highest BCUT2D eigenvalue weighted by Gasteiger charge is 2.43. The van der Waals surface area contributed by atoms with Crippen LogP contribution in [0.15, 0.2) is 24.5 Å². The lowest BCUT2D eigenvalue weighted by atomic mass is 9.99. The van der Waals surface area contributed by atoms with Crippen molar-refractivity contribution < 1.29 is 9.50 Å². The highest BCUT2D eigenvalue weighted by Crippen LogP contribution is 2.44. The first-order valence-corrected chi connectivity index (χ1v) is 6.67. The molecule has 2 aromatic rings. The first-order chi connectivity index (χ1) is 9.48. The molecule has 0 radical (unpaired) electrons. The molecule has 1 fully saturated rings. The van der Waals surface area contributed by atoms with Crippen LogP contribution in [0.5, 0.6) is 0 Å². The van der Waals surface area contributed by atoms with Gasteiger partial charge in [-0.25, -0.2) is 14.4 Å². The van der Waals surface area contributed by atoms with Crippen molar-refractivity contribution in [3.8, 4) is 11.4 Å². The lowest BCUT2D eigenvalue weighted by molar-refractivity contribution is 0.0240. The maximum absolute atomic E-state index is 13.9. The van der Waals surface area contributed by atoms with E-state index in [9.17, 15) is 9.50 Å². The third-order valence-electron chi connectivity index (χ3n) is 3.70. The van der Waals surface area contributed by atoms with Gasteiger partial charge in [-0.3, -0.25) is 4.98 Å². The summed E-state index contributed by atoms with van der Waals surface area (Å²) in [5.74, 6) is 0.105. The Morgan fingerprint density at radius 3 is 2.75 bits per heavy atom. The van der Waals surface area contributed by atoms with Gasteiger partial charge in [-0.05, 0) is 50.3 Å². The van der Waals surface area contributed by atoms with Crippen molar-refractivity contribution >= 4 is 0 Å². The smallest absolute Gasteiger partial charge is 0.160 e. The number of pyridine rings is 1. The minimum absolute atomic E-state index is 0.186. The molecule has 0 saturated heterocycles. The number of aliphatic hydroxyl groups is 1. The van der Waals surface area contributed by atoms with Crippen LogP contribution in [0.1, 0.15) is 31.2 Å². The molecule has 104 valence electrons. The van der Waals surface area contributed by atoms with E-state index < -0.39 is 11.4 Å². The minimum Gasteiger partial charge on any atom is -0.382 e. The monoisotopic (exact) mass is 273 g/mol. The summed E-state index contributed by atoms with van der Waals surface area (Å²) in [5, 5.41) is 10.5. The van der Waals surface area contributed by atoms with Crippen molar-refractivity contribution in [2.75, 3.05) is 0 Å². The Hall–Kier alpha value is -1.88. The molecule has 20 heavy (non-hydrogen) atoms. The number of aromatic nitrogens is 3. The molecule has 1 saturated carbocycles. The van der Waals surface area contributed by atoms with E-state index in [2.05, 4.69) is 15.0 Å². The molecule has 5 heteroatoms. The second-order valence-electron chi connectivity index (χ2n) is 5.53. The second kappa shape index (κ2) is 4.59. The summed E-state index contributed by atoms with van der Waals surface area (Å²) < 4.78 is 13.9. The molecule has 3 rings (SSSR count). The van der Waals surface area contributed by atoms with Gasteiger partial charge in [0, 0.05) is 12.4 Å². The van der Waals surface area contributed by atoms with Crippen molar-refractivity contribution in [1.29, 1.82) is 0 Å². The van der Waals surface area contributed by atoms with E-state index in [-0.39, 0.29) is 11.6 Å². The second-order valence-corrected chi connectivity index (χ2v) is 5.53. The van der Waals surface area contributed by atoms with Crippen molar-refractivity contribution in [3.63, 3.8) is 0 Å². The van der Waals surface area contributed by atoms with E-state index in [4.69, 9.17) is 0 Å². The highest BCUT2D eigenvalue weighted by molar-refractivity contribution is 5.54. The Bertz CT molecular complexity index is 653. The summed E-state index contributed by atoms with van der Waals surface area (Å²) in [4.78, 5) is 12.5. The van der Waals surface area contributed by atoms with Crippen LogP contribution >= 0.6 is 0 Å². The molecular weight excluding hydrogens is 257 g/mol. The number of rotatable bonds is 3. The normalized spacial score (nSPS) is 17.8. The van der Waals surface area contributed by atoms with Crippen molar-refractivity contribution in [1.82, 2.24) is 15.0 Å². The van der Waals surface area contributed by atoms with Crippen molar-refractivity contribution in [2.24, 2.45) is 5.92 Å². The van der Waals surface area contributed by atoms with Crippen molar-refractivity contribution in [3.05, 3.63) is 41.7 Å². The number of hydrogen-bond donors (Lipinski definition) is 1. The standard InChI is InChI=1S/C15H16FN3O/c1-9-7-11(16)13(18-8-9)12-5-6-17-14(19-12)15(2,20)10-3-4-10/h5-8,10,20H,3-4H2,1-2H3. The SMILES string of the molecule is Cc1cnc(-c2ccnc(C(C)(O)C3CC3)n2)c(F)c1. The van der Waals surface area contributed by atoms with Gasteiger partial charge >= 0.3 is 0 Å². The highest BCUT2D eigenvalue weighted by atomic mass is 19.1. The van der Waals surface area contributed by atoms with Gasteiger partial charge < -0.3 is 5.11 Å². The van der Waals surface area contributed by atoms with Crippen LogP contribution in [-0.2, 0) is 5.60 Å². The van der Waals surface area contributed by atoms with E-state index in [1.54, 1.807) is 26.1 Å². The number of nitrogens with zero attached hydrogens (tertiary/aromatic N) is 3. The van der Waals surface area contributed by atoms with E-state index in [0.29, 0.717) is 11.5 Å². The van der Waals surface area contributed by atoms with Gasteiger partial charge in [-0.15, -0.1) is 0 Å². The number of hydrogen-bond acceptors (Lipinski definition) is 4. The van der Waals surface area contributed by atoms with Crippen LogP contribution in [0.3, 0.4) is 0 Å². The molecule has 2 heterocycles. The molecule has 1 N–H and O–H groups in total. The van der Waals surface area contributed by atoms with Crippen LogP contribution in [0.4, 0.5) is 4.39 Å². The van der Waals surface area contributed by atoms with Gasteiger partial charge in [-0.1, -0.05) is 0 Å². The average molecular weight is 273 g/mol. The zero-order valence-electron chi connectivity index (χ0n) is 11.5. The quantitative estimate of drug-likeness (QED) is 0.933. The van der Waals surface area contributed by atoms with Crippen LogP contribution in [-0.4, -0.2) is 20.1 Å². The van der Waals surface area contributed by atoms with E-state index in [1.165, 1.54) is 12.3 Å². The molecular formula is C15H16FN3O. The molecule has 1 aliphatic carbocycles. The summed E-state index contributed by atoms with van der Waals surface area (Å²) in [6.07, 6.45) is 5.07. The molecule has 2 aromatic heterocycles. The van der Waals surface area contributed by atoms with Gasteiger partial charge in [0.1, 0.15) is 11.3 Å². The fourth-order valence-electron chi connectivity index (χ4n) is 2.28. The van der Waals surface area contributed by atoms with E-state index >= 15 is 0 Å². The van der Waals surface area contributed by atoms with E-state index in [0.717, 1.165) is 18.4 Å². The van der Waals surface area contributed by atoms with Crippen LogP contribution in [0, 0.1) is 18.7 Å². The minimum atomic E-state index is -1.06. The first-order valence-electron chi connectivity index (χ1n) is 6.67. The summed E-state index contributed by atoms with van der Waals surface area (Å²) in [5.41, 5.74) is 0.279. The van der Waals surface area contributed by atoms with Gasteiger partial charge in [0.25, 0.3) is 0 Å². The molecule has 0 spiro atoms. The largest absolute Gasteiger partial charge is 0.382 e. The van der Waals surface area contributed by atoms with Crippen LogP contribution < -0.4 is 0 Å². The molecule has 1 unspecified atom stereocenters. The molecule has 0 aliphatic heterocycles. The molecule has 0 bridgehead atoms. The fraction of sp³-hybridized carbons (Fsp3) is 0.400. The van der Waals surface area contributed by atoms with Crippen LogP contribution in [0.25, 0.3) is 11.4 Å². The van der Waals surface area contributed by atoms with Crippen molar-refractivity contribution in [2.45, 2.75) is 32.3 Å². The lowest BCUT2D eigenvalue weighted by Crippen LogP contribution is -2.27. The topological polar surface area (TPSA) is 58.9 Å². The third kappa shape index (κ3) is 2.29. The summed E-state index contributed by atoms with van der Waals surface area (Å²) in [6.45, 7) is 3.49. The molecule has 1 atom stereocenters. The van der Waals surface area contributed by atoms with Gasteiger partial charge in [0.2, 0.25) is 0 Å². The summed E-state index contributed by atoms with van der Waals surface area (Å²) in [6, 6.07) is 3.02.